The molecule has 2 saturated heterocycles. The fourth-order valence-electron chi connectivity index (χ4n) is 5.07. The van der Waals surface area contributed by atoms with Crippen LogP contribution in [0.5, 0.6) is 0 Å². The second-order valence-electron chi connectivity index (χ2n) is 9.71. The Balaban J connectivity index is 1.27. The zero-order valence-corrected chi connectivity index (χ0v) is 21.2. The van der Waals surface area contributed by atoms with Gasteiger partial charge in [-0.15, -0.1) is 0 Å². The van der Waals surface area contributed by atoms with Crippen LogP contribution in [0.2, 0.25) is 5.02 Å². The van der Waals surface area contributed by atoms with Crippen molar-refractivity contribution < 1.29 is 9.59 Å². The van der Waals surface area contributed by atoms with E-state index in [4.69, 9.17) is 11.6 Å². The van der Waals surface area contributed by atoms with Gasteiger partial charge in [-0.1, -0.05) is 36.6 Å². The van der Waals surface area contributed by atoms with Crippen molar-refractivity contribution in [2.45, 2.75) is 50.9 Å². The number of anilines is 1. The van der Waals surface area contributed by atoms with Gasteiger partial charge in [0.25, 0.3) is 5.91 Å². The Morgan fingerprint density at radius 1 is 0.943 bits per heavy atom. The van der Waals surface area contributed by atoms with E-state index in [0.717, 1.165) is 43.6 Å². The Morgan fingerprint density at radius 2 is 1.71 bits per heavy atom. The number of amides is 3. The number of piperidine rings is 1. The highest BCUT2D eigenvalue weighted by atomic mass is 35.5. The predicted molar refractivity (Wildman–Crippen MR) is 142 cm³/mol. The van der Waals surface area contributed by atoms with E-state index in [-0.39, 0.29) is 17.9 Å². The molecule has 2 aromatic carbocycles. The quantitative estimate of drug-likeness (QED) is 0.480. The standard InChI is InChI=1S/C28H37ClN4O2/c29-25-11-13-26(14-12-25)31-28(35)33-19-6-10-24(21-33)22-8-5-9-23(20-22)27(34)30-15-7-18-32-16-3-1-2-4-17-32/h5,8-9,11-14,20,24H,1-4,6-7,10,15-19,21H2,(H,30,34)(H,31,35)/t24-/m1/s1. The molecule has 1 atom stereocenters. The van der Waals surface area contributed by atoms with Crippen LogP contribution >= 0.6 is 11.6 Å². The molecule has 0 saturated carbocycles. The summed E-state index contributed by atoms with van der Waals surface area (Å²) < 4.78 is 0. The monoisotopic (exact) mass is 496 g/mol. The predicted octanol–water partition coefficient (Wildman–Crippen LogP) is 5.75. The third kappa shape index (κ3) is 7.71. The molecular formula is C28H37ClN4O2. The summed E-state index contributed by atoms with van der Waals surface area (Å²) in [5.41, 5.74) is 2.54. The molecule has 188 valence electrons. The lowest BCUT2D eigenvalue weighted by atomic mass is 9.89. The maximum absolute atomic E-state index is 12.8. The molecule has 35 heavy (non-hydrogen) atoms. The molecule has 2 heterocycles. The minimum absolute atomic E-state index is 0.0177. The minimum Gasteiger partial charge on any atom is -0.352 e. The zero-order chi connectivity index (χ0) is 24.5. The number of benzene rings is 2. The molecule has 0 aliphatic carbocycles. The molecule has 7 heteroatoms. The number of urea groups is 1. The van der Waals surface area contributed by atoms with Crippen LogP contribution in [0.4, 0.5) is 10.5 Å². The van der Waals surface area contributed by atoms with E-state index in [1.54, 1.807) is 24.3 Å². The van der Waals surface area contributed by atoms with E-state index in [1.807, 2.05) is 23.1 Å². The van der Waals surface area contributed by atoms with Crippen molar-refractivity contribution >= 4 is 29.2 Å². The average molecular weight is 497 g/mol. The summed E-state index contributed by atoms with van der Waals surface area (Å²) in [6.07, 6.45) is 8.19. The van der Waals surface area contributed by atoms with Gasteiger partial charge in [-0.05, 0) is 93.7 Å². The molecule has 6 nitrogen and oxygen atoms in total. The van der Waals surface area contributed by atoms with Gasteiger partial charge in [0, 0.05) is 41.8 Å². The summed E-state index contributed by atoms with van der Waals surface area (Å²) in [4.78, 5) is 30.0. The molecule has 2 aliphatic rings. The van der Waals surface area contributed by atoms with Gasteiger partial charge in [0.1, 0.15) is 0 Å². The Kier molecular flexibility index (Phi) is 9.43. The molecular weight excluding hydrogens is 460 g/mol. The van der Waals surface area contributed by atoms with E-state index < -0.39 is 0 Å². The Bertz CT molecular complexity index is 973. The Morgan fingerprint density at radius 3 is 2.49 bits per heavy atom. The lowest BCUT2D eigenvalue weighted by molar-refractivity contribution is 0.0951. The second-order valence-corrected chi connectivity index (χ2v) is 10.1. The summed E-state index contributed by atoms with van der Waals surface area (Å²) in [6, 6.07) is 14.9. The summed E-state index contributed by atoms with van der Waals surface area (Å²) >= 11 is 5.94. The van der Waals surface area contributed by atoms with Gasteiger partial charge in [-0.3, -0.25) is 4.79 Å². The second kappa shape index (κ2) is 12.9. The van der Waals surface area contributed by atoms with E-state index >= 15 is 0 Å². The van der Waals surface area contributed by atoms with Crippen LogP contribution in [0.15, 0.2) is 48.5 Å². The number of nitrogens with zero attached hydrogens (tertiary/aromatic N) is 2. The first-order chi connectivity index (χ1) is 17.1. The van der Waals surface area contributed by atoms with Crippen molar-refractivity contribution in [2.75, 3.05) is 44.6 Å². The third-order valence-electron chi connectivity index (χ3n) is 7.06. The van der Waals surface area contributed by atoms with Crippen molar-refractivity contribution in [1.29, 1.82) is 0 Å². The summed E-state index contributed by atoms with van der Waals surface area (Å²) in [7, 11) is 0. The highest BCUT2D eigenvalue weighted by Crippen LogP contribution is 2.28. The maximum atomic E-state index is 12.8. The summed E-state index contributed by atoms with van der Waals surface area (Å²) in [5.74, 6) is 0.200. The van der Waals surface area contributed by atoms with Crippen LogP contribution in [-0.4, -0.2) is 61.0 Å². The largest absolute Gasteiger partial charge is 0.352 e. The first-order valence-corrected chi connectivity index (χ1v) is 13.4. The van der Waals surface area contributed by atoms with Crippen LogP contribution in [0.3, 0.4) is 0 Å². The highest BCUT2D eigenvalue weighted by Gasteiger charge is 2.25. The number of hydrogen-bond acceptors (Lipinski definition) is 3. The highest BCUT2D eigenvalue weighted by molar-refractivity contribution is 6.30. The Hall–Kier alpha value is -2.57. The molecule has 0 aromatic heterocycles. The number of nitrogens with one attached hydrogen (secondary N) is 2. The normalized spacial score (nSPS) is 19.1. The van der Waals surface area contributed by atoms with Crippen molar-refractivity contribution in [2.24, 2.45) is 0 Å². The van der Waals surface area contributed by atoms with Crippen molar-refractivity contribution in [1.82, 2.24) is 15.1 Å². The van der Waals surface area contributed by atoms with E-state index in [0.29, 0.717) is 23.7 Å². The topological polar surface area (TPSA) is 64.7 Å². The van der Waals surface area contributed by atoms with E-state index in [9.17, 15) is 9.59 Å². The fourth-order valence-corrected chi connectivity index (χ4v) is 5.20. The molecule has 3 amide bonds. The van der Waals surface area contributed by atoms with Gasteiger partial charge in [-0.25, -0.2) is 4.79 Å². The van der Waals surface area contributed by atoms with Gasteiger partial charge in [0.15, 0.2) is 0 Å². The number of carbonyl (C=O) groups excluding carboxylic acids is 2. The van der Waals surface area contributed by atoms with Gasteiger partial charge >= 0.3 is 6.03 Å². The van der Waals surface area contributed by atoms with E-state index in [1.165, 1.54) is 38.8 Å². The lowest BCUT2D eigenvalue weighted by Gasteiger charge is -2.33. The van der Waals surface area contributed by atoms with Crippen LogP contribution in [-0.2, 0) is 0 Å². The molecule has 4 rings (SSSR count). The molecule has 2 aromatic rings. The Labute approximate surface area is 214 Å². The fraction of sp³-hybridized carbons (Fsp3) is 0.500. The van der Waals surface area contributed by atoms with Crippen LogP contribution in [0.25, 0.3) is 0 Å². The zero-order valence-electron chi connectivity index (χ0n) is 20.5. The molecule has 2 aliphatic heterocycles. The lowest BCUT2D eigenvalue weighted by Crippen LogP contribution is -2.41. The molecule has 0 unspecified atom stereocenters. The number of hydrogen-bond donors (Lipinski definition) is 2. The maximum Gasteiger partial charge on any atom is 0.321 e. The smallest absolute Gasteiger partial charge is 0.321 e. The molecule has 2 fully saturated rings. The summed E-state index contributed by atoms with van der Waals surface area (Å²) in [5, 5.41) is 6.69. The molecule has 0 spiro atoms. The SMILES string of the molecule is O=C(NCCCN1CCCCCC1)c1cccc([C@@H]2CCCN(C(=O)Nc3ccc(Cl)cc3)C2)c1. The average Bonchev–Trinajstić information content (AvgIpc) is 3.17. The van der Waals surface area contributed by atoms with Crippen molar-refractivity contribution in [3.05, 3.63) is 64.7 Å². The molecule has 0 bridgehead atoms. The number of carbonyl (C=O) groups is 2. The van der Waals surface area contributed by atoms with Crippen molar-refractivity contribution in [3.63, 3.8) is 0 Å². The van der Waals surface area contributed by atoms with Gasteiger partial charge in [-0.2, -0.15) is 0 Å². The third-order valence-corrected chi connectivity index (χ3v) is 7.31. The minimum atomic E-state index is -0.102. The van der Waals surface area contributed by atoms with Crippen LogP contribution < -0.4 is 10.6 Å². The van der Waals surface area contributed by atoms with E-state index in [2.05, 4.69) is 21.6 Å². The van der Waals surface area contributed by atoms with Crippen molar-refractivity contribution in [3.8, 4) is 0 Å². The van der Waals surface area contributed by atoms with Gasteiger partial charge in [0.05, 0.1) is 0 Å². The van der Waals surface area contributed by atoms with Gasteiger partial charge < -0.3 is 20.4 Å². The number of halogens is 1. The first kappa shape index (κ1) is 25.5. The molecule has 2 N–H and O–H groups in total. The number of likely N-dealkylation sites (tertiary alicyclic amines) is 2. The molecule has 0 radical (unpaired) electrons. The van der Waals surface area contributed by atoms with Crippen LogP contribution in [0, 0.1) is 0 Å². The van der Waals surface area contributed by atoms with Crippen LogP contribution in [0.1, 0.15) is 66.8 Å². The number of rotatable bonds is 7. The summed E-state index contributed by atoms with van der Waals surface area (Å²) in [6.45, 7) is 5.49. The first-order valence-electron chi connectivity index (χ1n) is 13.0. The van der Waals surface area contributed by atoms with Gasteiger partial charge in [0.2, 0.25) is 0 Å².